The van der Waals surface area contributed by atoms with Crippen molar-refractivity contribution in [2.75, 3.05) is 32.8 Å². The molecule has 0 aromatic heterocycles. The van der Waals surface area contributed by atoms with Crippen LogP contribution in [0, 0.1) is 0 Å². The molecule has 0 aliphatic carbocycles. The summed E-state index contributed by atoms with van der Waals surface area (Å²) in [5.74, 6) is -0.846. The minimum atomic E-state index is -3.80. The van der Waals surface area contributed by atoms with Crippen molar-refractivity contribution in [3.8, 4) is 0 Å². The van der Waals surface area contributed by atoms with Crippen LogP contribution < -0.4 is 5.32 Å². The number of ether oxygens (including phenoxy) is 1. The molecule has 0 bridgehead atoms. The molecule has 2 heterocycles. The molecule has 114 valence electrons. The first-order valence-electron chi connectivity index (χ1n) is 6.67. The molecule has 1 N–H and O–H groups in total. The number of amides is 1. The molecule has 1 unspecified atom stereocenters. The number of nitrogens with one attached hydrogen (secondary N) is 1. The van der Waals surface area contributed by atoms with Crippen LogP contribution in [-0.2, 0) is 24.5 Å². The Bertz CT molecular complexity index is 492. The van der Waals surface area contributed by atoms with Gasteiger partial charge in [0.25, 0.3) is 10.2 Å². The van der Waals surface area contributed by atoms with Crippen LogP contribution in [0.4, 0.5) is 0 Å². The minimum absolute atomic E-state index is 0.200. The number of hydrogen-bond donors (Lipinski definition) is 1. The molecule has 0 aromatic rings. The van der Waals surface area contributed by atoms with E-state index < -0.39 is 22.2 Å². The second-order valence-corrected chi connectivity index (χ2v) is 6.59. The molecule has 1 atom stereocenters. The number of nitrogens with zero attached hydrogens (tertiary/aromatic N) is 2. The monoisotopic (exact) mass is 305 g/mol. The van der Waals surface area contributed by atoms with Gasteiger partial charge in [0.05, 0.1) is 13.2 Å². The standard InChI is InChI=1S/C11H19N3O5S/c1-2-19-11(16)9-4-3-6-14(9)20(17,18)13-7-5-12-10(15)8-13/h9H,2-8H2,1H3,(H,12,15). The number of carbonyl (C=O) groups excluding carboxylic acids is 2. The highest BCUT2D eigenvalue weighted by Crippen LogP contribution is 2.24. The van der Waals surface area contributed by atoms with Crippen LogP contribution in [0.3, 0.4) is 0 Å². The molecule has 0 spiro atoms. The van der Waals surface area contributed by atoms with Gasteiger partial charge in [-0.2, -0.15) is 17.0 Å². The van der Waals surface area contributed by atoms with Crippen molar-refractivity contribution in [2.24, 2.45) is 0 Å². The second kappa shape index (κ2) is 6.06. The lowest BCUT2D eigenvalue weighted by molar-refractivity contribution is -0.146. The molecule has 9 heteroatoms. The second-order valence-electron chi connectivity index (χ2n) is 4.71. The predicted molar refractivity (Wildman–Crippen MR) is 69.9 cm³/mol. The summed E-state index contributed by atoms with van der Waals surface area (Å²) in [7, 11) is -3.80. The summed E-state index contributed by atoms with van der Waals surface area (Å²) in [4.78, 5) is 23.1. The molecule has 2 fully saturated rings. The van der Waals surface area contributed by atoms with E-state index in [0.29, 0.717) is 12.8 Å². The van der Waals surface area contributed by atoms with Gasteiger partial charge in [-0.25, -0.2) is 0 Å². The average Bonchev–Trinajstić information content (AvgIpc) is 2.89. The fourth-order valence-electron chi connectivity index (χ4n) is 2.45. The van der Waals surface area contributed by atoms with Crippen LogP contribution >= 0.6 is 0 Å². The quantitative estimate of drug-likeness (QED) is 0.651. The van der Waals surface area contributed by atoms with Crippen LogP contribution in [-0.4, -0.2) is 67.7 Å². The maximum absolute atomic E-state index is 12.5. The minimum Gasteiger partial charge on any atom is -0.465 e. The first-order chi connectivity index (χ1) is 9.46. The van der Waals surface area contributed by atoms with Crippen molar-refractivity contribution < 1.29 is 22.7 Å². The zero-order chi connectivity index (χ0) is 14.8. The van der Waals surface area contributed by atoms with Crippen molar-refractivity contribution in [1.82, 2.24) is 13.9 Å². The number of carbonyl (C=O) groups is 2. The van der Waals surface area contributed by atoms with Crippen molar-refractivity contribution in [1.29, 1.82) is 0 Å². The van der Waals surface area contributed by atoms with E-state index in [1.54, 1.807) is 6.92 Å². The Labute approximate surface area is 118 Å². The largest absolute Gasteiger partial charge is 0.465 e. The van der Waals surface area contributed by atoms with E-state index in [-0.39, 0.29) is 38.7 Å². The molecule has 2 aliphatic rings. The van der Waals surface area contributed by atoms with Crippen LogP contribution in [0.2, 0.25) is 0 Å². The van der Waals surface area contributed by atoms with Crippen molar-refractivity contribution in [2.45, 2.75) is 25.8 Å². The molecule has 0 aromatic carbocycles. The Morgan fingerprint density at radius 1 is 1.45 bits per heavy atom. The van der Waals surface area contributed by atoms with E-state index in [4.69, 9.17) is 4.74 Å². The third-order valence-electron chi connectivity index (χ3n) is 3.39. The summed E-state index contributed by atoms with van der Waals surface area (Å²) < 4.78 is 32.2. The highest BCUT2D eigenvalue weighted by molar-refractivity contribution is 7.86. The highest BCUT2D eigenvalue weighted by atomic mass is 32.2. The summed E-state index contributed by atoms with van der Waals surface area (Å²) in [6, 6.07) is -0.773. The van der Waals surface area contributed by atoms with Gasteiger partial charge in [-0.05, 0) is 19.8 Å². The number of rotatable bonds is 4. The SMILES string of the molecule is CCOC(=O)C1CCCN1S(=O)(=O)N1CCNC(=O)C1. The summed E-state index contributed by atoms with van der Waals surface area (Å²) in [6.07, 6.45) is 1.07. The summed E-state index contributed by atoms with van der Waals surface area (Å²) in [5.41, 5.74) is 0. The predicted octanol–water partition coefficient (Wildman–Crippen LogP) is -1.31. The molecule has 2 aliphatic heterocycles. The van der Waals surface area contributed by atoms with Crippen LogP contribution in [0.1, 0.15) is 19.8 Å². The lowest BCUT2D eigenvalue weighted by atomic mass is 10.2. The molecule has 20 heavy (non-hydrogen) atoms. The molecule has 0 radical (unpaired) electrons. The summed E-state index contributed by atoms with van der Waals surface area (Å²) >= 11 is 0. The Balaban J connectivity index is 2.15. The molecule has 2 saturated heterocycles. The molecule has 2 rings (SSSR count). The molecule has 8 nitrogen and oxygen atoms in total. The number of esters is 1. The highest BCUT2D eigenvalue weighted by Gasteiger charge is 2.43. The average molecular weight is 305 g/mol. The maximum Gasteiger partial charge on any atom is 0.324 e. The Morgan fingerprint density at radius 2 is 2.20 bits per heavy atom. The number of hydrogen-bond acceptors (Lipinski definition) is 5. The first-order valence-corrected chi connectivity index (χ1v) is 8.06. The zero-order valence-corrected chi connectivity index (χ0v) is 12.2. The Kier molecular flexibility index (Phi) is 4.61. The van der Waals surface area contributed by atoms with E-state index >= 15 is 0 Å². The van der Waals surface area contributed by atoms with Gasteiger partial charge in [-0.15, -0.1) is 0 Å². The molecular weight excluding hydrogens is 286 g/mol. The third kappa shape index (κ3) is 2.94. The smallest absolute Gasteiger partial charge is 0.324 e. The van der Waals surface area contributed by atoms with Crippen molar-refractivity contribution in [3.05, 3.63) is 0 Å². The normalized spacial score (nSPS) is 25.4. The van der Waals surface area contributed by atoms with E-state index in [9.17, 15) is 18.0 Å². The molecule has 1 amide bonds. The first kappa shape index (κ1) is 15.2. The van der Waals surface area contributed by atoms with Gasteiger partial charge < -0.3 is 10.1 Å². The van der Waals surface area contributed by atoms with Crippen molar-refractivity contribution >= 4 is 22.1 Å². The Morgan fingerprint density at radius 3 is 2.85 bits per heavy atom. The summed E-state index contributed by atoms with van der Waals surface area (Å²) in [5, 5.41) is 2.57. The van der Waals surface area contributed by atoms with E-state index in [2.05, 4.69) is 5.32 Å². The van der Waals surface area contributed by atoms with Gasteiger partial charge in [-0.3, -0.25) is 9.59 Å². The number of piperazine rings is 1. The fraction of sp³-hybridized carbons (Fsp3) is 0.818. The van der Waals surface area contributed by atoms with E-state index in [1.165, 1.54) is 0 Å². The van der Waals surface area contributed by atoms with E-state index in [1.807, 2.05) is 0 Å². The van der Waals surface area contributed by atoms with Gasteiger partial charge in [-0.1, -0.05) is 0 Å². The lowest BCUT2D eigenvalue weighted by Gasteiger charge is -2.31. The van der Waals surface area contributed by atoms with Gasteiger partial charge in [0.2, 0.25) is 5.91 Å². The third-order valence-corrected chi connectivity index (χ3v) is 5.38. The van der Waals surface area contributed by atoms with Gasteiger partial charge >= 0.3 is 5.97 Å². The van der Waals surface area contributed by atoms with Gasteiger partial charge in [0.1, 0.15) is 6.04 Å². The fourth-order valence-corrected chi connectivity index (χ4v) is 4.22. The lowest BCUT2D eigenvalue weighted by Crippen LogP contribution is -2.55. The van der Waals surface area contributed by atoms with Gasteiger partial charge in [0.15, 0.2) is 0 Å². The maximum atomic E-state index is 12.5. The Hall–Kier alpha value is -1.19. The zero-order valence-electron chi connectivity index (χ0n) is 11.4. The van der Waals surface area contributed by atoms with Crippen LogP contribution in [0.25, 0.3) is 0 Å². The van der Waals surface area contributed by atoms with Crippen LogP contribution in [0.15, 0.2) is 0 Å². The van der Waals surface area contributed by atoms with Gasteiger partial charge in [0, 0.05) is 19.6 Å². The molecule has 0 saturated carbocycles. The molecular formula is C11H19N3O5S. The van der Waals surface area contributed by atoms with Crippen molar-refractivity contribution in [3.63, 3.8) is 0 Å². The van der Waals surface area contributed by atoms with Crippen LogP contribution in [0.5, 0.6) is 0 Å². The topological polar surface area (TPSA) is 96.0 Å². The van der Waals surface area contributed by atoms with E-state index in [0.717, 1.165) is 8.61 Å². The summed E-state index contributed by atoms with van der Waals surface area (Å²) in [6.45, 7) is 2.49.